The molecule has 0 aromatic heterocycles. The van der Waals surface area contributed by atoms with Crippen molar-refractivity contribution in [3.63, 3.8) is 0 Å². The monoisotopic (exact) mass is 318 g/mol. The molecule has 0 bridgehead atoms. The van der Waals surface area contributed by atoms with Gasteiger partial charge in [0, 0.05) is 16.4 Å². The molecule has 0 spiro atoms. The van der Waals surface area contributed by atoms with Crippen LogP contribution in [0.3, 0.4) is 0 Å². The van der Waals surface area contributed by atoms with Crippen molar-refractivity contribution in [2.45, 2.75) is 70.2 Å². The normalized spacial score (nSPS) is 37.9. The lowest BCUT2D eigenvalue weighted by Gasteiger charge is -2.43. The molecular formula is C19H26O4. The Morgan fingerprint density at radius 1 is 1.09 bits per heavy atom. The van der Waals surface area contributed by atoms with E-state index >= 15 is 0 Å². The van der Waals surface area contributed by atoms with Gasteiger partial charge >= 0.3 is 0 Å². The maximum atomic E-state index is 10.7. The topological polar surface area (TPSA) is 69.9 Å². The van der Waals surface area contributed by atoms with Crippen LogP contribution < -0.4 is 0 Å². The van der Waals surface area contributed by atoms with Gasteiger partial charge in [0.2, 0.25) is 0 Å². The summed E-state index contributed by atoms with van der Waals surface area (Å²) < 4.78 is 5.88. The third kappa shape index (κ3) is 1.89. The van der Waals surface area contributed by atoms with Crippen LogP contribution in [0.1, 0.15) is 62.0 Å². The quantitative estimate of drug-likeness (QED) is 0.687. The molecule has 1 aromatic rings. The molecule has 0 amide bonds. The van der Waals surface area contributed by atoms with Gasteiger partial charge in [0.25, 0.3) is 0 Å². The lowest BCUT2D eigenvalue weighted by Crippen LogP contribution is -2.41. The fourth-order valence-electron chi connectivity index (χ4n) is 4.89. The van der Waals surface area contributed by atoms with Crippen molar-refractivity contribution in [1.82, 2.24) is 0 Å². The molecule has 4 nitrogen and oxygen atoms in total. The lowest BCUT2D eigenvalue weighted by atomic mass is 9.63. The average Bonchev–Trinajstić information content (AvgIpc) is 2.80. The highest BCUT2D eigenvalue weighted by atomic mass is 16.5. The number of ether oxygens (including phenoxy) is 1. The largest absolute Gasteiger partial charge is 0.508 e. The van der Waals surface area contributed by atoms with Gasteiger partial charge in [0.15, 0.2) is 0 Å². The van der Waals surface area contributed by atoms with E-state index in [0.717, 1.165) is 36.8 Å². The first kappa shape index (κ1) is 15.4. The first-order chi connectivity index (χ1) is 10.8. The van der Waals surface area contributed by atoms with Gasteiger partial charge < -0.3 is 20.1 Å². The molecule has 126 valence electrons. The van der Waals surface area contributed by atoms with Crippen LogP contribution in [0.5, 0.6) is 5.75 Å². The van der Waals surface area contributed by atoms with E-state index in [1.54, 1.807) is 0 Å². The minimum absolute atomic E-state index is 0.235. The summed E-state index contributed by atoms with van der Waals surface area (Å²) in [4.78, 5) is 0. The number of aromatic hydroxyl groups is 1. The number of hydrogen-bond donors (Lipinski definition) is 3. The highest BCUT2D eigenvalue weighted by Crippen LogP contribution is 2.56. The van der Waals surface area contributed by atoms with Crippen LogP contribution >= 0.6 is 0 Å². The third-order valence-electron chi connectivity index (χ3n) is 6.72. The summed E-state index contributed by atoms with van der Waals surface area (Å²) in [5.74, 6) is 0.256. The number of rotatable bonds is 0. The molecular weight excluding hydrogens is 292 g/mol. The molecule has 2 aliphatic carbocycles. The molecule has 0 radical (unpaired) electrons. The molecule has 0 saturated carbocycles. The molecule has 3 N–H and O–H groups in total. The molecule has 1 fully saturated rings. The second-order valence-corrected chi connectivity index (χ2v) is 8.33. The van der Waals surface area contributed by atoms with Crippen molar-refractivity contribution in [3.05, 3.63) is 28.3 Å². The van der Waals surface area contributed by atoms with Gasteiger partial charge in [-0.05, 0) is 48.4 Å². The van der Waals surface area contributed by atoms with E-state index < -0.39 is 6.10 Å². The van der Waals surface area contributed by atoms with E-state index in [1.165, 1.54) is 11.1 Å². The number of phenols is 1. The fourth-order valence-corrected chi connectivity index (χ4v) is 4.89. The second kappa shape index (κ2) is 4.71. The standard InChI is InChI=1S/C19H26O4/c1-18(2)12-8-13(20)16-11(10(12)4-5-14(18)21)6-7-19(3)15(22)9-23-17(16)19/h8,14-15,17,20-22H,4-7,9H2,1-3H3/t14-,15+,17+,19+/m0/s1. The molecule has 1 aliphatic heterocycles. The summed E-state index contributed by atoms with van der Waals surface area (Å²) in [7, 11) is 0. The summed E-state index contributed by atoms with van der Waals surface area (Å²) in [6.07, 6.45) is 2.22. The smallest absolute Gasteiger partial charge is 0.122 e. The zero-order valence-corrected chi connectivity index (χ0v) is 14.1. The van der Waals surface area contributed by atoms with Crippen molar-refractivity contribution in [1.29, 1.82) is 0 Å². The minimum Gasteiger partial charge on any atom is -0.508 e. The van der Waals surface area contributed by atoms with E-state index in [-0.39, 0.29) is 28.8 Å². The molecule has 4 heteroatoms. The number of benzene rings is 1. The first-order valence-corrected chi connectivity index (χ1v) is 8.62. The number of fused-ring (bicyclic) bond motifs is 5. The Kier molecular flexibility index (Phi) is 3.16. The Morgan fingerprint density at radius 3 is 2.57 bits per heavy atom. The maximum absolute atomic E-state index is 10.7. The highest BCUT2D eigenvalue weighted by molar-refractivity contribution is 5.56. The molecule has 3 aliphatic rings. The number of aliphatic hydroxyl groups excluding tert-OH is 2. The van der Waals surface area contributed by atoms with Crippen molar-refractivity contribution < 1.29 is 20.1 Å². The Balaban J connectivity index is 1.91. The van der Waals surface area contributed by atoms with Gasteiger partial charge in [-0.15, -0.1) is 0 Å². The Bertz CT molecular complexity index is 666. The molecule has 1 saturated heterocycles. The van der Waals surface area contributed by atoms with Gasteiger partial charge in [-0.2, -0.15) is 0 Å². The van der Waals surface area contributed by atoms with Crippen LogP contribution in [0.15, 0.2) is 6.07 Å². The highest BCUT2D eigenvalue weighted by Gasteiger charge is 2.52. The summed E-state index contributed by atoms with van der Waals surface area (Å²) >= 11 is 0. The van der Waals surface area contributed by atoms with E-state index in [4.69, 9.17) is 4.74 Å². The van der Waals surface area contributed by atoms with Crippen LogP contribution in [0.4, 0.5) is 0 Å². The summed E-state index contributed by atoms with van der Waals surface area (Å²) in [5.41, 5.74) is 3.74. The Labute approximate surface area is 137 Å². The zero-order valence-electron chi connectivity index (χ0n) is 14.1. The van der Waals surface area contributed by atoms with Crippen molar-refractivity contribution in [3.8, 4) is 5.75 Å². The van der Waals surface area contributed by atoms with E-state index in [2.05, 4.69) is 6.92 Å². The summed E-state index contributed by atoms with van der Waals surface area (Å²) in [5, 5.41) is 31.4. The molecule has 23 heavy (non-hydrogen) atoms. The van der Waals surface area contributed by atoms with Crippen molar-refractivity contribution >= 4 is 0 Å². The molecule has 4 rings (SSSR count). The lowest BCUT2D eigenvalue weighted by molar-refractivity contribution is 0.0238. The molecule has 1 aromatic carbocycles. The molecule has 0 unspecified atom stereocenters. The predicted molar refractivity (Wildman–Crippen MR) is 86.6 cm³/mol. The average molecular weight is 318 g/mol. The van der Waals surface area contributed by atoms with Gasteiger partial charge in [-0.3, -0.25) is 0 Å². The van der Waals surface area contributed by atoms with Gasteiger partial charge in [0.05, 0.1) is 24.9 Å². The van der Waals surface area contributed by atoms with Crippen LogP contribution in [-0.2, 0) is 23.0 Å². The van der Waals surface area contributed by atoms with Gasteiger partial charge in [-0.25, -0.2) is 0 Å². The van der Waals surface area contributed by atoms with Gasteiger partial charge in [-0.1, -0.05) is 20.8 Å². The molecule has 1 heterocycles. The minimum atomic E-state index is -0.477. The number of phenolic OH excluding ortho intramolecular Hbond substituents is 1. The summed E-state index contributed by atoms with van der Waals surface area (Å²) in [6, 6.07) is 1.83. The summed E-state index contributed by atoms with van der Waals surface area (Å²) in [6.45, 7) is 6.49. The Hall–Kier alpha value is -1.10. The van der Waals surface area contributed by atoms with Gasteiger partial charge in [0.1, 0.15) is 5.75 Å². The van der Waals surface area contributed by atoms with Crippen LogP contribution in [-0.4, -0.2) is 34.1 Å². The molecule has 4 atom stereocenters. The number of aliphatic hydroxyl groups is 2. The first-order valence-electron chi connectivity index (χ1n) is 8.62. The van der Waals surface area contributed by atoms with E-state index in [0.29, 0.717) is 6.61 Å². The fraction of sp³-hybridized carbons (Fsp3) is 0.684. The van der Waals surface area contributed by atoms with Crippen LogP contribution in [0.25, 0.3) is 0 Å². The third-order valence-corrected chi connectivity index (χ3v) is 6.72. The second-order valence-electron chi connectivity index (χ2n) is 8.33. The SMILES string of the molecule is CC1(C)c2cc(O)c3c(c2CC[C@@H]1O)CC[C@]1(C)[C@H](O)CO[C@H]31. The van der Waals surface area contributed by atoms with Crippen molar-refractivity contribution in [2.24, 2.45) is 5.41 Å². The van der Waals surface area contributed by atoms with Crippen LogP contribution in [0, 0.1) is 5.41 Å². The zero-order chi connectivity index (χ0) is 16.6. The van der Waals surface area contributed by atoms with Crippen LogP contribution in [0.2, 0.25) is 0 Å². The van der Waals surface area contributed by atoms with E-state index in [9.17, 15) is 15.3 Å². The number of hydrogen-bond acceptors (Lipinski definition) is 4. The van der Waals surface area contributed by atoms with Crippen molar-refractivity contribution in [2.75, 3.05) is 6.61 Å². The predicted octanol–water partition coefficient (Wildman–Crippen LogP) is 2.36. The maximum Gasteiger partial charge on any atom is 0.122 e. The Morgan fingerprint density at radius 2 is 1.83 bits per heavy atom. The van der Waals surface area contributed by atoms with E-state index in [1.807, 2.05) is 19.9 Å².